The van der Waals surface area contributed by atoms with Crippen LogP contribution in [0.3, 0.4) is 0 Å². The number of para-hydroxylation sites is 2. The Balaban J connectivity index is 1.73. The van der Waals surface area contributed by atoms with Gasteiger partial charge >= 0.3 is 0 Å². The van der Waals surface area contributed by atoms with Crippen LogP contribution in [0, 0.1) is 0 Å². The normalized spacial score (nSPS) is 14.9. The first-order valence-electron chi connectivity index (χ1n) is 8.52. The molecule has 0 spiro atoms. The maximum Gasteiger partial charge on any atom is 0.291 e. The van der Waals surface area contributed by atoms with Crippen molar-refractivity contribution >= 4 is 17.3 Å². The highest BCUT2D eigenvalue weighted by Crippen LogP contribution is 2.28. The lowest BCUT2D eigenvalue weighted by molar-refractivity contribution is 0.0993. The first kappa shape index (κ1) is 16.6. The predicted molar refractivity (Wildman–Crippen MR) is 96.6 cm³/mol. The van der Waals surface area contributed by atoms with E-state index in [2.05, 4.69) is 16.3 Å². The van der Waals surface area contributed by atoms with E-state index >= 15 is 0 Å². The summed E-state index contributed by atoms with van der Waals surface area (Å²) in [6.07, 6.45) is 3.69. The van der Waals surface area contributed by atoms with Gasteiger partial charge in [-0.1, -0.05) is 12.1 Å². The van der Waals surface area contributed by atoms with Gasteiger partial charge in [-0.05, 0) is 57.6 Å². The maximum absolute atomic E-state index is 12.5. The average Bonchev–Trinajstić information content (AvgIpc) is 3.04. The molecule has 0 saturated carbocycles. The zero-order chi connectivity index (χ0) is 16.9. The van der Waals surface area contributed by atoms with Gasteiger partial charge in [0.1, 0.15) is 5.76 Å². The molecule has 3 rings (SSSR count). The Bertz CT molecular complexity index is 687. The summed E-state index contributed by atoms with van der Waals surface area (Å²) in [6.45, 7) is 2.76. The lowest BCUT2D eigenvalue weighted by Gasteiger charge is -2.30. The van der Waals surface area contributed by atoms with Crippen molar-refractivity contribution in [2.75, 3.05) is 37.4 Å². The Kier molecular flexibility index (Phi) is 5.20. The van der Waals surface area contributed by atoms with Crippen LogP contribution in [-0.4, -0.2) is 38.0 Å². The number of anilines is 2. The molecule has 1 aliphatic rings. The number of nitrogens with one attached hydrogen (secondary N) is 1. The molecule has 0 bridgehead atoms. The maximum atomic E-state index is 12.5. The van der Waals surface area contributed by atoms with Gasteiger partial charge in [-0.25, -0.2) is 0 Å². The highest BCUT2D eigenvalue weighted by Gasteiger charge is 2.17. The molecule has 1 aromatic heterocycles. The number of carbonyl (C=O) groups excluding carboxylic acids is 1. The van der Waals surface area contributed by atoms with Gasteiger partial charge in [0.05, 0.1) is 17.9 Å². The first-order chi connectivity index (χ1) is 11.6. The van der Waals surface area contributed by atoms with Crippen LogP contribution in [0.4, 0.5) is 11.4 Å². The number of furan rings is 1. The third kappa shape index (κ3) is 3.97. The standard InChI is InChI=1S/C19H25N3O2/c1-21(2)14-15-10-11-18(24-15)19(23)20-16-8-4-5-9-17(16)22-12-6-3-7-13-22/h4-5,8-11H,3,6-7,12-14H2,1-2H3,(H,20,23). The second-order valence-electron chi connectivity index (χ2n) is 6.52. The molecule has 1 aliphatic heterocycles. The number of rotatable bonds is 5. The van der Waals surface area contributed by atoms with E-state index in [1.807, 2.05) is 43.3 Å². The van der Waals surface area contributed by atoms with Gasteiger partial charge in [0.2, 0.25) is 0 Å². The molecule has 1 fully saturated rings. The summed E-state index contributed by atoms with van der Waals surface area (Å²) in [5.74, 6) is 0.930. The predicted octanol–water partition coefficient (Wildman–Crippen LogP) is 3.58. The molecule has 2 heterocycles. The number of hydrogen-bond acceptors (Lipinski definition) is 4. The minimum absolute atomic E-state index is 0.204. The smallest absolute Gasteiger partial charge is 0.291 e. The van der Waals surface area contributed by atoms with Gasteiger partial charge in [0.25, 0.3) is 5.91 Å². The Morgan fingerprint density at radius 3 is 2.62 bits per heavy atom. The topological polar surface area (TPSA) is 48.7 Å². The molecule has 1 saturated heterocycles. The van der Waals surface area contributed by atoms with Crippen LogP contribution in [0.25, 0.3) is 0 Å². The van der Waals surface area contributed by atoms with E-state index in [1.165, 1.54) is 19.3 Å². The van der Waals surface area contributed by atoms with Crippen molar-refractivity contribution in [3.63, 3.8) is 0 Å². The Morgan fingerprint density at radius 2 is 1.88 bits per heavy atom. The molecule has 5 nitrogen and oxygen atoms in total. The third-order valence-electron chi connectivity index (χ3n) is 4.21. The SMILES string of the molecule is CN(C)Cc1ccc(C(=O)Nc2ccccc2N2CCCCC2)o1. The van der Waals surface area contributed by atoms with Crippen LogP contribution >= 0.6 is 0 Å². The molecule has 1 amide bonds. The molecule has 0 atom stereocenters. The fraction of sp³-hybridized carbons (Fsp3) is 0.421. The summed E-state index contributed by atoms with van der Waals surface area (Å²) in [7, 11) is 3.94. The summed E-state index contributed by atoms with van der Waals surface area (Å²) < 4.78 is 5.65. The molecule has 2 aromatic rings. The second-order valence-corrected chi connectivity index (χ2v) is 6.52. The van der Waals surface area contributed by atoms with Crippen LogP contribution in [0.5, 0.6) is 0 Å². The second kappa shape index (κ2) is 7.53. The van der Waals surface area contributed by atoms with Crippen LogP contribution in [0.15, 0.2) is 40.8 Å². The molecule has 24 heavy (non-hydrogen) atoms. The first-order valence-corrected chi connectivity index (χ1v) is 8.52. The number of piperidine rings is 1. The zero-order valence-corrected chi connectivity index (χ0v) is 14.4. The molecule has 1 N–H and O–H groups in total. The van der Waals surface area contributed by atoms with Crippen molar-refractivity contribution in [2.45, 2.75) is 25.8 Å². The quantitative estimate of drug-likeness (QED) is 0.912. The van der Waals surface area contributed by atoms with Gasteiger partial charge in [0.15, 0.2) is 5.76 Å². The van der Waals surface area contributed by atoms with E-state index in [0.29, 0.717) is 12.3 Å². The Labute approximate surface area is 143 Å². The molecule has 0 aliphatic carbocycles. The van der Waals surface area contributed by atoms with Crippen molar-refractivity contribution in [1.29, 1.82) is 0 Å². The van der Waals surface area contributed by atoms with Gasteiger partial charge in [-0.15, -0.1) is 0 Å². The molecule has 1 aromatic carbocycles. The highest BCUT2D eigenvalue weighted by molar-refractivity contribution is 6.04. The van der Waals surface area contributed by atoms with E-state index in [-0.39, 0.29) is 5.91 Å². The molecular weight excluding hydrogens is 302 g/mol. The largest absolute Gasteiger partial charge is 0.455 e. The lowest BCUT2D eigenvalue weighted by Crippen LogP contribution is -2.30. The summed E-state index contributed by atoms with van der Waals surface area (Å²) in [5.41, 5.74) is 1.93. The van der Waals surface area contributed by atoms with Crippen LogP contribution < -0.4 is 10.2 Å². The minimum Gasteiger partial charge on any atom is -0.455 e. The number of hydrogen-bond donors (Lipinski definition) is 1. The van der Waals surface area contributed by atoms with Gasteiger partial charge < -0.3 is 19.5 Å². The lowest BCUT2D eigenvalue weighted by atomic mass is 10.1. The molecule has 0 unspecified atom stereocenters. The van der Waals surface area contributed by atoms with Crippen LogP contribution in [0.1, 0.15) is 35.6 Å². The van der Waals surface area contributed by atoms with E-state index in [1.54, 1.807) is 6.07 Å². The molecule has 128 valence electrons. The summed E-state index contributed by atoms with van der Waals surface area (Å²) in [5, 5.41) is 3.00. The average molecular weight is 327 g/mol. The third-order valence-corrected chi connectivity index (χ3v) is 4.21. The zero-order valence-electron chi connectivity index (χ0n) is 14.4. The number of nitrogens with zero attached hydrogens (tertiary/aromatic N) is 2. The van der Waals surface area contributed by atoms with E-state index in [0.717, 1.165) is 30.2 Å². The van der Waals surface area contributed by atoms with Crippen LogP contribution in [0.2, 0.25) is 0 Å². The van der Waals surface area contributed by atoms with Gasteiger partial charge in [0, 0.05) is 13.1 Å². The molecule has 0 radical (unpaired) electrons. The Morgan fingerprint density at radius 1 is 1.12 bits per heavy atom. The summed E-state index contributed by atoms with van der Waals surface area (Å²) >= 11 is 0. The van der Waals surface area contributed by atoms with Crippen molar-refractivity contribution in [3.8, 4) is 0 Å². The summed E-state index contributed by atoms with van der Waals surface area (Å²) in [6, 6.07) is 11.6. The van der Waals surface area contributed by atoms with Gasteiger partial charge in [-0.2, -0.15) is 0 Å². The Hall–Kier alpha value is -2.27. The van der Waals surface area contributed by atoms with E-state index in [9.17, 15) is 4.79 Å². The number of carbonyl (C=O) groups is 1. The van der Waals surface area contributed by atoms with Crippen molar-refractivity contribution in [1.82, 2.24) is 4.90 Å². The fourth-order valence-electron chi connectivity index (χ4n) is 3.07. The monoisotopic (exact) mass is 327 g/mol. The van der Waals surface area contributed by atoms with E-state index in [4.69, 9.17) is 4.42 Å². The highest BCUT2D eigenvalue weighted by atomic mass is 16.4. The molecule has 5 heteroatoms. The van der Waals surface area contributed by atoms with Crippen molar-refractivity contribution < 1.29 is 9.21 Å². The fourth-order valence-corrected chi connectivity index (χ4v) is 3.07. The van der Waals surface area contributed by atoms with Crippen LogP contribution in [-0.2, 0) is 6.54 Å². The minimum atomic E-state index is -0.204. The van der Waals surface area contributed by atoms with E-state index < -0.39 is 0 Å². The number of amides is 1. The number of benzene rings is 1. The van der Waals surface area contributed by atoms with Crippen molar-refractivity contribution in [2.24, 2.45) is 0 Å². The van der Waals surface area contributed by atoms with Crippen molar-refractivity contribution in [3.05, 3.63) is 47.9 Å². The summed E-state index contributed by atoms with van der Waals surface area (Å²) in [4.78, 5) is 16.9. The molecular formula is C19H25N3O2. The van der Waals surface area contributed by atoms with Gasteiger partial charge in [-0.3, -0.25) is 4.79 Å².